The molecule has 0 heterocycles. The van der Waals surface area contributed by atoms with Crippen molar-refractivity contribution < 1.29 is 9.59 Å². The fourth-order valence-corrected chi connectivity index (χ4v) is 2.83. The molecule has 6 heteroatoms. The number of halogens is 2. The first-order chi connectivity index (χ1) is 11.4. The Kier molecular flexibility index (Phi) is 4.52. The fraction of sp³-hybridized carbons (Fsp3) is 0.222. The van der Waals surface area contributed by atoms with Crippen LogP contribution in [0, 0.1) is 12.3 Å². The molecule has 1 saturated carbocycles. The Morgan fingerprint density at radius 2 is 1.62 bits per heavy atom. The zero-order valence-corrected chi connectivity index (χ0v) is 14.5. The van der Waals surface area contributed by atoms with E-state index in [2.05, 4.69) is 10.6 Å². The number of benzene rings is 2. The number of anilines is 2. The van der Waals surface area contributed by atoms with Crippen molar-refractivity contribution in [2.45, 2.75) is 19.8 Å². The predicted octanol–water partition coefficient (Wildman–Crippen LogP) is 4.66. The molecule has 2 N–H and O–H groups in total. The first-order valence-electron chi connectivity index (χ1n) is 7.55. The van der Waals surface area contributed by atoms with Gasteiger partial charge in [0.25, 0.3) is 0 Å². The minimum atomic E-state index is -1.03. The third-order valence-corrected chi connectivity index (χ3v) is 4.62. The number of hydrogen-bond donors (Lipinski definition) is 2. The van der Waals surface area contributed by atoms with Crippen LogP contribution in [0.4, 0.5) is 11.4 Å². The highest BCUT2D eigenvalue weighted by atomic mass is 35.5. The summed E-state index contributed by atoms with van der Waals surface area (Å²) in [5, 5.41) is 6.65. The van der Waals surface area contributed by atoms with Crippen LogP contribution in [0.5, 0.6) is 0 Å². The van der Waals surface area contributed by atoms with Gasteiger partial charge in [-0.05, 0) is 55.7 Å². The molecule has 2 amide bonds. The lowest BCUT2D eigenvalue weighted by Crippen LogP contribution is -2.35. The molecule has 1 aliphatic carbocycles. The van der Waals surface area contributed by atoms with E-state index >= 15 is 0 Å². The van der Waals surface area contributed by atoms with Crippen LogP contribution < -0.4 is 10.6 Å². The van der Waals surface area contributed by atoms with E-state index in [1.54, 1.807) is 36.4 Å². The van der Waals surface area contributed by atoms with Gasteiger partial charge in [0.15, 0.2) is 0 Å². The molecule has 24 heavy (non-hydrogen) atoms. The van der Waals surface area contributed by atoms with E-state index in [4.69, 9.17) is 23.2 Å². The molecule has 1 fully saturated rings. The van der Waals surface area contributed by atoms with E-state index in [0.717, 1.165) is 5.56 Å². The van der Waals surface area contributed by atoms with Crippen molar-refractivity contribution in [1.29, 1.82) is 0 Å². The Labute approximate surface area is 150 Å². The molecule has 1 aliphatic rings. The SMILES string of the molecule is Cc1ccc(Cl)cc1NC(=O)C1(C(=O)Nc2cccc(Cl)c2)CC1. The van der Waals surface area contributed by atoms with Crippen LogP contribution in [0.1, 0.15) is 18.4 Å². The van der Waals surface area contributed by atoms with Crippen molar-refractivity contribution in [1.82, 2.24) is 0 Å². The summed E-state index contributed by atoms with van der Waals surface area (Å²) in [5.41, 5.74) is 1.05. The van der Waals surface area contributed by atoms with Crippen molar-refractivity contribution >= 4 is 46.4 Å². The molecule has 0 bridgehead atoms. The lowest BCUT2D eigenvalue weighted by molar-refractivity contribution is -0.131. The topological polar surface area (TPSA) is 58.2 Å². The summed E-state index contributed by atoms with van der Waals surface area (Å²) in [7, 11) is 0. The molecule has 0 radical (unpaired) electrons. The van der Waals surface area contributed by atoms with Crippen LogP contribution in [-0.2, 0) is 9.59 Å². The van der Waals surface area contributed by atoms with Gasteiger partial charge in [0.2, 0.25) is 11.8 Å². The molecule has 0 aliphatic heterocycles. The minimum Gasteiger partial charge on any atom is -0.325 e. The second kappa shape index (κ2) is 6.46. The summed E-state index contributed by atoms with van der Waals surface area (Å²) in [5.74, 6) is -0.630. The highest BCUT2D eigenvalue weighted by Crippen LogP contribution is 2.47. The van der Waals surface area contributed by atoms with Crippen molar-refractivity contribution in [3.8, 4) is 0 Å². The first kappa shape index (κ1) is 16.8. The molecule has 0 unspecified atom stereocenters. The van der Waals surface area contributed by atoms with Crippen LogP contribution in [0.2, 0.25) is 10.0 Å². The standard InChI is InChI=1S/C18H16Cl2N2O2/c1-11-5-6-13(20)10-15(11)22-17(24)18(7-8-18)16(23)21-14-4-2-3-12(19)9-14/h2-6,9-10H,7-8H2,1H3,(H,21,23)(H,22,24). The van der Waals surface area contributed by atoms with Gasteiger partial charge >= 0.3 is 0 Å². The van der Waals surface area contributed by atoms with Crippen molar-refractivity contribution in [3.63, 3.8) is 0 Å². The number of rotatable bonds is 4. The summed E-state index contributed by atoms with van der Waals surface area (Å²) in [6, 6.07) is 12.1. The third-order valence-electron chi connectivity index (χ3n) is 4.15. The summed E-state index contributed by atoms with van der Waals surface area (Å²) in [6.07, 6.45) is 1.04. The lowest BCUT2D eigenvalue weighted by Gasteiger charge is -2.16. The monoisotopic (exact) mass is 362 g/mol. The van der Waals surface area contributed by atoms with E-state index in [-0.39, 0.29) is 11.8 Å². The highest BCUT2D eigenvalue weighted by molar-refractivity contribution is 6.31. The number of aryl methyl sites for hydroxylation is 1. The average Bonchev–Trinajstić information content (AvgIpc) is 3.33. The normalized spacial score (nSPS) is 14.8. The number of amides is 2. The fourth-order valence-electron chi connectivity index (χ4n) is 2.47. The number of hydrogen-bond acceptors (Lipinski definition) is 2. The zero-order valence-electron chi connectivity index (χ0n) is 13.0. The molecule has 2 aromatic rings. The quantitative estimate of drug-likeness (QED) is 0.777. The van der Waals surface area contributed by atoms with Gasteiger partial charge in [-0.1, -0.05) is 35.3 Å². The smallest absolute Gasteiger partial charge is 0.240 e. The van der Waals surface area contributed by atoms with Crippen LogP contribution in [0.3, 0.4) is 0 Å². The molecular formula is C18H16Cl2N2O2. The minimum absolute atomic E-state index is 0.313. The second-order valence-corrected chi connectivity index (χ2v) is 6.83. The number of carbonyl (C=O) groups excluding carboxylic acids is 2. The van der Waals surface area contributed by atoms with Crippen LogP contribution in [0.15, 0.2) is 42.5 Å². The van der Waals surface area contributed by atoms with Crippen LogP contribution >= 0.6 is 23.2 Å². The predicted molar refractivity (Wildman–Crippen MR) is 96.6 cm³/mol. The van der Waals surface area contributed by atoms with Crippen molar-refractivity contribution in [2.24, 2.45) is 5.41 Å². The van der Waals surface area contributed by atoms with Crippen LogP contribution in [0.25, 0.3) is 0 Å². The lowest BCUT2D eigenvalue weighted by atomic mass is 10.0. The molecule has 0 atom stereocenters. The van der Waals surface area contributed by atoms with Crippen molar-refractivity contribution in [2.75, 3.05) is 10.6 Å². The Morgan fingerprint density at radius 3 is 2.29 bits per heavy atom. The van der Waals surface area contributed by atoms with E-state index in [0.29, 0.717) is 34.3 Å². The molecule has 2 aromatic carbocycles. The van der Waals surface area contributed by atoms with Crippen molar-refractivity contribution in [3.05, 3.63) is 58.1 Å². The van der Waals surface area contributed by atoms with Gasteiger partial charge in [0, 0.05) is 21.4 Å². The van der Waals surface area contributed by atoms with Gasteiger partial charge in [0.05, 0.1) is 0 Å². The second-order valence-electron chi connectivity index (χ2n) is 5.96. The highest BCUT2D eigenvalue weighted by Gasteiger charge is 2.56. The van der Waals surface area contributed by atoms with Gasteiger partial charge < -0.3 is 10.6 Å². The first-order valence-corrected chi connectivity index (χ1v) is 8.31. The third kappa shape index (κ3) is 3.40. The molecular weight excluding hydrogens is 347 g/mol. The van der Waals surface area contributed by atoms with E-state index in [1.165, 1.54) is 0 Å². The molecule has 4 nitrogen and oxygen atoms in total. The summed E-state index contributed by atoms with van der Waals surface area (Å²) < 4.78 is 0. The average molecular weight is 363 g/mol. The van der Waals surface area contributed by atoms with E-state index in [9.17, 15) is 9.59 Å². The number of nitrogens with one attached hydrogen (secondary N) is 2. The molecule has 0 saturated heterocycles. The van der Waals surface area contributed by atoms with Gasteiger partial charge in [-0.25, -0.2) is 0 Å². The van der Waals surface area contributed by atoms with E-state index < -0.39 is 5.41 Å². The Hall–Kier alpha value is -2.04. The van der Waals surface area contributed by atoms with Crippen LogP contribution in [-0.4, -0.2) is 11.8 Å². The summed E-state index contributed by atoms with van der Waals surface area (Å²) >= 11 is 11.9. The maximum absolute atomic E-state index is 12.6. The Bertz CT molecular complexity index is 816. The van der Waals surface area contributed by atoms with Gasteiger partial charge in [-0.2, -0.15) is 0 Å². The van der Waals surface area contributed by atoms with E-state index in [1.807, 2.05) is 13.0 Å². The van der Waals surface area contributed by atoms with Gasteiger partial charge in [-0.3, -0.25) is 9.59 Å². The zero-order chi connectivity index (χ0) is 17.3. The molecule has 0 aromatic heterocycles. The van der Waals surface area contributed by atoms with Gasteiger partial charge in [-0.15, -0.1) is 0 Å². The largest absolute Gasteiger partial charge is 0.325 e. The summed E-state index contributed by atoms with van der Waals surface area (Å²) in [6.45, 7) is 1.87. The Balaban J connectivity index is 1.74. The molecule has 3 rings (SSSR count). The molecule has 124 valence electrons. The molecule has 0 spiro atoms. The maximum atomic E-state index is 12.6. The van der Waals surface area contributed by atoms with Gasteiger partial charge in [0.1, 0.15) is 5.41 Å². The maximum Gasteiger partial charge on any atom is 0.240 e. The number of carbonyl (C=O) groups is 2. The Morgan fingerprint density at radius 1 is 0.958 bits per heavy atom. The summed E-state index contributed by atoms with van der Waals surface area (Å²) in [4.78, 5) is 25.2.